The summed E-state index contributed by atoms with van der Waals surface area (Å²) in [7, 11) is -3.77. The van der Waals surface area contributed by atoms with Gasteiger partial charge in [-0.05, 0) is 31.5 Å². The van der Waals surface area contributed by atoms with Gasteiger partial charge in [-0.2, -0.15) is 0 Å². The minimum Gasteiger partial charge on any atom is -0.492 e. The van der Waals surface area contributed by atoms with Crippen molar-refractivity contribution in [3.05, 3.63) is 59.7 Å². The molecule has 0 aliphatic heterocycles. The van der Waals surface area contributed by atoms with Gasteiger partial charge in [0.1, 0.15) is 10.6 Å². The molecule has 7 heteroatoms. The Bertz CT molecular complexity index is 790. The van der Waals surface area contributed by atoms with Crippen molar-refractivity contribution in [1.82, 2.24) is 4.72 Å². The summed E-state index contributed by atoms with van der Waals surface area (Å²) in [5, 5.41) is 9.03. The molecular formula is C19H25NO5S. The van der Waals surface area contributed by atoms with Crippen molar-refractivity contribution < 1.29 is 23.0 Å². The molecule has 6 nitrogen and oxygen atoms in total. The smallest absolute Gasteiger partial charge is 0.244 e. The van der Waals surface area contributed by atoms with E-state index in [9.17, 15) is 8.42 Å². The van der Waals surface area contributed by atoms with Gasteiger partial charge in [-0.25, -0.2) is 13.1 Å². The summed E-state index contributed by atoms with van der Waals surface area (Å²) in [6, 6.07) is 14.1. The van der Waals surface area contributed by atoms with Crippen LogP contribution >= 0.6 is 0 Å². The second kappa shape index (κ2) is 9.68. The fourth-order valence-electron chi connectivity index (χ4n) is 2.46. The van der Waals surface area contributed by atoms with Crippen LogP contribution in [0.4, 0.5) is 0 Å². The van der Waals surface area contributed by atoms with E-state index in [4.69, 9.17) is 14.6 Å². The topological polar surface area (TPSA) is 84.9 Å². The highest BCUT2D eigenvalue weighted by Gasteiger charge is 2.22. The maximum absolute atomic E-state index is 12.7. The Labute approximate surface area is 154 Å². The molecule has 0 bridgehead atoms. The zero-order valence-electron chi connectivity index (χ0n) is 15.0. The molecule has 0 saturated carbocycles. The van der Waals surface area contributed by atoms with Gasteiger partial charge in [0, 0.05) is 6.54 Å². The molecule has 0 aliphatic carbocycles. The second-order valence-corrected chi connectivity index (χ2v) is 7.46. The molecule has 0 heterocycles. The minimum absolute atomic E-state index is 0.0475. The maximum atomic E-state index is 12.7. The normalized spacial score (nSPS) is 12.7. The number of rotatable bonds is 10. The summed E-state index contributed by atoms with van der Waals surface area (Å²) in [5.74, 6) is 0.311. The van der Waals surface area contributed by atoms with E-state index in [2.05, 4.69) is 4.72 Å². The number of sulfonamides is 1. The predicted octanol–water partition coefficient (Wildman–Crippen LogP) is 2.42. The summed E-state index contributed by atoms with van der Waals surface area (Å²) in [6.45, 7) is 4.18. The number of para-hydroxylation sites is 1. The number of nitrogens with one attached hydrogen (secondary N) is 1. The van der Waals surface area contributed by atoms with Crippen LogP contribution in [0.3, 0.4) is 0 Å². The Kier molecular flexibility index (Phi) is 7.59. The molecule has 142 valence electrons. The first kappa shape index (κ1) is 20.4. The zero-order valence-corrected chi connectivity index (χ0v) is 15.8. The van der Waals surface area contributed by atoms with E-state index < -0.39 is 16.1 Å². The Balaban J connectivity index is 2.17. The fraction of sp³-hybridized carbons (Fsp3) is 0.368. The lowest BCUT2D eigenvalue weighted by atomic mass is 10.1. The Morgan fingerprint density at radius 2 is 1.81 bits per heavy atom. The average molecular weight is 379 g/mol. The SMILES string of the molecule is CCOc1ccccc1S(=O)(=O)NCC(OCCO)c1ccc(C)cc1. The van der Waals surface area contributed by atoms with Crippen molar-refractivity contribution in [2.75, 3.05) is 26.4 Å². The fourth-order valence-corrected chi connectivity index (χ4v) is 3.63. The van der Waals surface area contributed by atoms with Crippen LogP contribution in [0.25, 0.3) is 0 Å². The van der Waals surface area contributed by atoms with E-state index in [-0.39, 0.29) is 24.7 Å². The molecule has 2 aromatic rings. The summed E-state index contributed by atoms with van der Waals surface area (Å²) in [6.07, 6.45) is -0.503. The van der Waals surface area contributed by atoms with Crippen molar-refractivity contribution >= 4 is 10.0 Å². The zero-order chi connectivity index (χ0) is 19.0. The van der Waals surface area contributed by atoms with Crippen LogP contribution in [0.2, 0.25) is 0 Å². The third-order valence-corrected chi connectivity index (χ3v) is 5.22. The monoisotopic (exact) mass is 379 g/mol. The quantitative estimate of drug-likeness (QED) is 0.662. The van der Waals surface area contributed by atoms with E-state index in [1.165, 1.54) is 6.07 Å². The van der Waals surface area contributed by atoms with Gasteiger partial charge >= 0.3 is 0 Å². The molecule has 0 saturated heterocycles. The Morgan fingerprint density at radius 1 is 1.12 bits per heavy atom. The molecule has 1 unspecified atom stereocenters. The van der Waals surface area contributed by atoms with Crippen LogP contribution in [0.1, 0.15) is 24.2 Å². The van der Waals surface area contributed by atoms with Crippen molar-refractivity contribution in [2.45, 2.75) is 24.8 Å². The summed E-state index contributed by atoms with van der Waals surface area (Å²) in [5.41, 5.74) is 1.94. The van der Waals surface area contributed by atoms with Gasteiger partial charge in [-0.15, -0.1) is 0 Å². The number of hydrogen-bond acceptors (Lipinski definition) is 5. The van der Waals surface area contributed by atoms with Crippen LogP contribution < -0.4 is 9.46 Å². The van der Waals surface area contributed by atoms with Crippen LogP contribution in [-0.4, -0.2) is 39.9 Å². The van der Waals surface area contributed by atoms with Gasteiger partial charge in [0.25, 0.3) is 0 Å². The molecule has 2 N–H and O–H groups in total. The van der Waals surface area contributed by atoms with Crippen molar-refractivity contribution in [3.63, 3.8) is 0 Å². The molecule has 0 spiro atoms. The lowest BCUT2D eigenvalue weighted by Gasteiger charge is -2.19. The predicted molar refractivity (Wildman–Crippen MR) is 99.8 cm³/mol. The third-order valence-electron chi connectivity index (χ3n) is 3.76. The first-order valence-corrected chi connectivity index (χ1v) is 9.96. The molecule has 0 aliphatic rings. The number of ether oxygens (including phenoxy) is 2. The van der Waals surface area contributed by atoms with Crippen LogP contribution in [0, 0.1) is 6.92 Å². The molecule has 0 amide bonds. The first-order chi connectivity index (χ1) is 12.5. The van der Waals surface area contributed by atoms with Gasteiger partial charge in [-0.3, -0.25) is 0 Å². The molecule has 0 aromatic heterocycles. The van der Waals surface area contributed by atoms with Gasteiger partial charge in [0.2, 0.25) is 10.0 Å². The molecule has 0 radical (unpaired) electrons. The lowest BCUT2D eigenvalue weighted by Crippen LogP contribution is -2.30. The highest BCUT2D eigenvalue weighted by Crippen LogP contribution is 2.24. The van der Waals surface area contributed by atoms with E-state index in [0.29, 0.717) is 12.4 Å². The minimum atomic E-state index is -3.77. The summed E-state index contributed by atoms with van der Waals surface area (Å²) in [4.78, 5) is 0.0895. The van der Waals surface area contributed by atoms with Crippen LogP contribution in [0.5, 0.6) is 5.75 Å². The summed E-state index contributed by atoms with van der Waals surface area (Å²) >= 11 is 0. The second-order valence-electron chi connectivity index (χ2n) is 5.73. The number of hydrogen-bond donors (Lipinski definition) is 2. The number of aliphatic hydroxyl groups excluding tert-OH is 1. The van der Waals surface area contributed by atoms with E-state index >= 15 is 0 Å². The van der Waals surface area contributed by atoms with Gasteiger partial charge in [0.05, 0.1) is 25.9 Å². The lowest BCUT2D eigenvalue weighted by molar-refractivity contribution is 0.0309. The van der Waals surface area contributed by atoms with E-state index in [1.54, 1.807) is 25.1 Å². The number of benzene rings is 2. The highest BCUT2D eigenvalue weighted by molar-refractivity contribution is 7.89. The van der Waals surface area contributed by atoms with E-state index in [0.717, 1.165) is 11.1 Å². The first-order valence-electron chi connectivity index (χ1n) is 8.48. The van der Waals surface area contributed by atoms with Crippen LogP contribution in [0.15, 0.2) is 53.4 Å². The number of aliphatic hydroxyl groups is 1. The molecular weight excluding hydrogens is 354 g/mol. The van der Waals surface area contributed by atoms with Crippen LogP contribution in [-0.2, 0) is 14.8 Å². The van der Waals surface area contributed by atoms with Gasteiger partial charge in [-0.1, -0.05) is 42.0 Å². The van der Waals surface area contributed by atoms with E-state index in [1.807, 2.05) is 31.2 Å². The third kappa shape index (κ3) is 5.54. The summed E-state index contributed by atoms with van der Waals surface area (Å²) < 4.78 is 39.0. The standard InChI is InChI=1S/C19H25NO5S/c1-3-24-17-6-4-5-7-19(17)26(22,23)20-14-18(25-13-12-21)16-10-8-15(2)9-11-16/h4-11,18,20-21H,3,12-14H2,1-2H3. The van der Waals surface area contributed by atoms with Gasteiger partial charge < -0.3 is 14.6 Å². The largest absolute Gasteiger partial charge is 0.492 e. The molecule has 2 aromatic carbocycles. The van der Waals surface area contributed by atoms with Crippen molar-refractivity contribution in [3.8, 4) is 5.75 Å². The molecule has 1 atom stereocenters. The number of aryl methyl sites for hydroxylation is 1. The van der Waals surface area contributed by atoms with Crippen molar-refractivity contribution in [1.29, 1.82) is 0 Å². The Hall–Kier alpha value is -1.93. The Morgan fingerprint density at radius 3 is 2.46 bits per heavy atom. The van der Waals surface area contributed by atoms with Crippen molar-refractivity contribution in [2.24, 2.45) is 0 Å². The molecule has 0 fully saturated rings. The molecule has 26 heavy (non-hydrogen) atoms. The highest BCUT2D eigenvalue weighted by atomic mass is 32.2. The average Bonchev–Trinajstić information content (AvgIpc) is 2.63. The van der Waals surface area contributed by atoms with Gasteiger partial charge in [0.15, 0.2) is 0 Å². The molecule has 2 rings (SSSR count). The maximum Gasteiger partial charge on any atom is 0.244 e.